The third kappa shape index (κ3) is 5.86. The second-order valence-electron chi connectivity index (χ2n) is 10.3. The fourth-order valence-electron chi connectivity index (χ4n) is 5.18. The normalized spacial score (nSPS) is 20.0. The van der Waals surface area contributed by atoms with Gasteiger partial charge in [-0.1, -0.05) is 29.8 Å². The summed E-state index contributed by atoms with van der Waals surface area (Å²) in [6, 6.07) is 5.79. The maximum Gasteiger partial charge on any atom is 0.252 e. The Morgan fingerprint density at radius 3 is 2.57 bits per heavy atom. The van der Waals surface area contributed by atoms with Crippen molar-refractivity contribution in [2.75, 3.05) is 15.0 Å². The summed E-state index contributed by atoms with van der Waals surface area (Å²) in [6.45, 7) is 1.71. The molecule has 1 aliphatic heterocycles. The van der Waals surface area contributed by atoms with Crippen molar-refractivity contribution in [2.45, 2.75) is 50.2 Å². The molecule has 1 aliphatic carbocycles. The summed E-state index contributed by atoms with van der Waals surface area (Å²) in [4.78, 5) is 33.2. The van der Waals surface area contributed by atoms with E-state index in [1.165, 1.54) is 30.5 Å². The molecule has 0 radical (unpaired) electrons. The monoisotopic (exact) mass is 623 g/mol. The van der Waals surface area contributed by atoms with Crippen LogP contribution in [0, 0.1) is 17.9 Å². The molecule has 0 spiro atoms. The number of carbonyl (C=O) groups excluding carboxylic acids is 2. The lowest BCUT2D eigenvalue weighted by Crippen LogP contribution is -2.56. The molecular weight excluding hydrogens is 599 g/mol. The van der Waals surface area contributed by atoms with E-state index in [2.05, 4.69) is 10.3 Å². The average molecular weight is 624 g/mol. The Morgan fingerprint density at radius 1 is 1.21 bits per heavy atom. The van der Waals surface area contributed by atoms with Crippen LogP contribution in [0.3, 0.4) is 0 Å². The summed E-state index contributed by atoms with van der Waals surface area (Å²) in [5.74, 6) is -6.40. The molecule has 0 unspecified atom stereocenters. The smallest absolute Gasteiger partial charge is 0.252 e. The lowest BCUT2D eigenvalue weighted by Gasteiger charge is -2.39. The van der Waals surface area contributed by atoms with Gasteiger partial charge < -0.3 is 10.5 Å². The van der Waals surface area contributed by atoms with Crippen molar-refractivity contribution in [3.05, 3.63) is 88.2 Å². The van der Waals surface area contributed by atoms with Crippen LogP contribution in [0.2, 0.25) is 5.02 Å². The first-order chi connectivity index (χ1) is 19.8. The molecule has 3 aromatic rings. The molecule has 1 aromatic carbocycles. The van der Waals surface area contributed by atoms with Gasteiger partial charge in [-0.15, -0.1) is 0 Å². The summed E-state index contributed by atoms with van der Waals surface area (Å²) in [6.07, 6.45) is 1.33. The SMILES string of the molecule is Cc1ccnc(N2[C@H](C(=O)N(c3cc(F)c[n+]([O-])c3)[C@@H](C(=O)NC3CC(F)(F)C3)c3ccccc3Cl)CCS2(=O)=O)c1. The van der Waals surface area contributed by atoms with Crippen molar-refractivity contribution >= 4 is 44.9 Å². The number of anilines is 2. The van der Waals surface area contributed by atoms with Crippen LogP contribution in [0.4, 0.5) is 24.7 Å². The molecule has 2 aliphatic rings. The highest BCUT2D eigenvalue weighted by molar-refractivity contribution is 7.93. The first kappa shape index (κ1) is 29.6. The van der Waals surface area contributed by atoms with Crippen LogP contribution >= 0.6 is 11.6 Å². The number of hydrogen-bond donors (Lipinski definition) is 1. The lowest BCUT2D eigenvalue weighted by molar-refractivity contribution is -0.606. The fraction of sp³-hybridized carbons (Fsp3) is 0.333. The zero-order valence-electron chi connectivity index (χ0n) is 22.1. The van der Waals surface area contributed by atoms with Gasteiger partial charge in [-0.25, -0.2) is 30.9 Å². The van der Waals surface area contributed by atoms with E-state index in [4.69, 9.17) is 11.6 Å². The van der Waals surface area contributed by atoms with Crippen LogP contribution < -0.4 is 19.3 Å². The minimum atomic E-state index is -4.06. The minimum Gasteiger partial charge on any atom is -0.619 e. The molecule has 5 rings (SSSR count). The van der Waals surface area contributed by atoms with Gasteiger partial charge in [0.05, 0.1) is 5.75 Å². The number of sulfonamides is 1. The molecule has 3 heterocycles. The molecule has 2 amide bonds. The van der Waals surface area contributed by atoms with E-state index >= 15 is 0 Å². The number of rotatable bonds is 7. The van der Waals surface area contributed by atoms with Crippen molar-refractivity contribution in [3.8, 4) is 0 Å². The van der Waals surface area contributed by atoms with E-state index in [0.29, 0.717) is 11.8 Å². The quantitative estimate of drug-likeness (QED) is 0.318. The molecular formula is C27H25ClF3N5O5S. The van der Waals surface area contributed by atoms with Gasteiger partial charge in [0.1, 0.15) is 23.6 Å². The van der Waals surface area contributed by atoms with Crippen LogP contribution in [0.1, 0.15) is 36.4 Å². The van der Waals surface area contributed by atoms with E-state index in [0.717, 1.165) is 21.5 Å². The summed E-state index contributed by atoms with van der Waals surface area (Å²) in [5.41, 5.74) is 0.322. The van der Waals surface area contributed by atoms with E-state index < -0.39 is 70.3 Å². The molecule has 1 N–H and O–H groups in total. The van der Waals surface area contributed by atoms with Gasteiger partial charge in [-0.05, 0) is 37.1 Å². The first-order valence-electron chi connectivity index (χ1n) is 12.9. The Labute approximate surface area is 244 Å². The number of alkyl halides is 2. The number of nitrogens with one attached hydrogen (secondary N) is 1. The Balaban J connectivity index is 1.65. The van der Waals surface area contributed by atoms with E-state index in [9.17, 15) is 36.4 Å². The highest BCUT2D eigenvalue weighted by Gasteiger charge is 2.50. The number of amides is 2. The zero-order chi connectivity index (χ0) is 30.4. The van der Waals surface area contributed by atoms with Gasteiger partial charge in [-0.3, -0.25) is 14.5 Å². The van der Waals surface area contributed by atoms with E-state index in [1.54, 1.807) is 19.1 Å². The topological polar surface area (TPSA) is 127 Å². The average Bonchev–Trinajstić information content (AvgIpc) is 3.20. The number of halogens is 4. The Kier molecular flexibility index (Phi) is 7.79. The fourth-order valence-corrected chi connectivity index (χ4v) is 7.10. The standard InChI is InChI=1S/C27H25ClF3N5O5S/c1-16-6-8-32-23(10-16)36-22(7-9-42(36,40)41)26(38)35(19-11-17(29)14-34(39)15-19)24(20-4-2-3-5-21(20)28)25(37)33-18-12-27(30,31)13-18/h2-6,8,10-11,14-15,18,22,24H,7,9,12-13H2,1H3,(H,33,37)/t22-,24+/m0/s1. The summed E-state index contributed by atoms with van der Waals surface area (Å²) in [5, 5.41) is 14.8. The highest BCUT2D eigenvalue weighted by atomic mass is 35.5. The third-order valence-electron chi connectivity index (χ3n) is 7.10. The molecule has 2 atom stereocenters. The van der Waals surface area contributed by atoms with Gasteiger partial charge in [0, 0.05) is 41.7 Å². The number of aromatic nitrogens is 2. The molecule has 2 aromatic heterocycles. The van der Waals surface area contributed by atoms with Gasteiger partial charge in [0.25, 0.3) is 11.8 Å². The summed E-state index contributed by atoms with van der Waals surface area (Å²) in [7, 11) is -4.06. The zero-order valence-corrected chi connectivity index (χ0v) is 23.7. The Hall–Kier alpha value is -3.91. The number of aryl methyl sites for hydroxylation is 1. The molecule has 15 heteroatoms. The van der Waals surface area contributed by atoms with Crippen LogP contribution in [-0.4, -0.2) is 49.0 Å². The number of carbonyl (C=O) groups is 2. The maximum absolute atomic E-state index is 14.6. The molecule has 1 saturated carbocycles. The second-order valence-corrected chi connectivity index (χ2v) is 12.7. The predicted molar refractivity (Wildman–Crippen MR) is 147 cm³/mol. The number of pyridine rings is 2. The molecule has 42 heavy (non-hydrogen) atoms. The molecule has 2 fully saturated rings. The molecule has 0 bridgehead atoms. The van der Waals surface area contributed by atoms with Crippen molar-refractivity contribution < 1.29 is 35.9 Å². The van der Waals surface area contributed by atoms with Crippen molar-refractivity contribution in [2.24, 2.45) is 0 Å². The Bertz CT molecular complexity index is 1630. The predicted octanol–water partition coefficient (Wildman–Crippen LogP) is 3.41. The Morgan fingerprint density at radius 2 is 1.93 bits per heavy atom. The third-order valence-corrected chi connectivity index (χ3v) is 9.23. The van der Waals surface area contributed by atoms with Gasteiger partial charge in [-0.2, -0.15) is 4.73 Å². The molecule has 10 nitrogen and oxygen atoms in total. The number of hydrogen-bond acceptors (Lipinski definition) is 6. The number of nitrogens with zero attached hydrogens (tertiary/aromatic N) is 4. The van der Waals surface area contributed by atoms with Crippen LogP contribution in [0.5, 0.6) is 0 Å². The summed E-state index contributed by atoms with van der Waals surface area (Å²) >= 11 is 6.44. The van der Waals surface area contributed by atoms with Crippen LogP contribution in [-0.2, 0) is 19.6 Å². The molecule has 1 saturated heterocycles. The molecule has 222 valence electrons. The highest BCUT2D eigenvalue weighted by Crippen LogP contribution is 2.40. The maximum atomic E-state index is 14.6. The first-order valence-corrected chi connectivity index (χ1v) is 14.8. The van der Waals surface area contributed by atoms with Crippen LogP contribution in [0.25, 0.3) is 0 Å². The van der Waals surface area contributed by atoms with Crippen molar-refractivity contribution in [1.29, 1.82) is 0 Å². The van der Waals surface area contributed by atoms with Crippen molar-refractivity contribution in [1.82, 2.24) is 10.3 Å². The van der Waals surface area contributed by atoms with E-state index in [-0.39, 0.29) is 33.2 Å². The van der Waals surface area contributed by atoms with Crippen LogP contribution in [0.15, 0.2) is 61.1 Å². The minimum absolute atomic E-state index is 0.0112. The van der Waals surface area contributed by atoms with Gasteiger partial charge >= 0.3 is 0 Å². The van der Waals surface area contributed by atoms with Gasteiger partial charge in [0.2, 0.25) is 28.3 Å². The van der Waals surface area contributed by atoms with Gasteiger partial charge in [0.15, 0.2) is 5.82 Å². The second kappa shape index (κ2) is 11.1. The lowest BCUT2D eigenvalue weighted by atomic mass is 9.87. The van der Waals surface area contributed by atoms with E-state index in [1.807, 2.05) is 0 Å². The van der Waals surface area contributed by atoms with Crippen molar-refractivity contribution in [3.63, 3.8) is 0 Å². The number of benzene rings is 1. The summed E-state index contributed by atoms with van der Waals surface area (Å²) < 4.78 is 69.0. The largest absolute Gasteiger partial charge is 0.619 e.